The van der Waals surface area contributed by atoms with E-state index < -0.39 is 17.2 Å². The van der Waals surface area contributed by atoms with Gasteiger partial charge < -0.3 is 5.11 Å². The Hall–Kier alpha value is -2.15. The second-order valence-corrected chi connectivity index (χ2v) is 8.13. The lowest BCUT2D eigenvalue weighted by molar-refractivity contribution is -0.159. The van der Waals surface area contributed by atoms with Crippen LogP contribution >= 0.6 is 0 Å². The smallest absolute Gasteiger partial charge is 0.310 e. The summed E-state index contributed by atoms with van der Waals surface area (Å²) in [6, 6.07) is 6.51. The van der Waals surface area contributed by atoms with Crippen LogP contribution in [0.2, 0.25) is 0 Å². The van der Waals surface area contributed by atoms with E-state index in [-0.39, 0.29) is 17.4 Å². The molecule has 2 aliphatic rings. The van der Waals surface area contributed by atoms with Crippen LogP contribution in [0.4, 0.5) is 4.39 Å². The van der Waals surface area contributed by atoms with E-state index in [1.54, 1.807) is 6.07 Å². The first-order valence-electron chi connectivity index (χ1n) is 10.1. The van der Waals surface area contributed by atoms with E-state index in [4.69, 9.17) is 5.26 Å². The Balaban J connectivity index is 1.95. The van der Waals surface area contributed by atoms with E-state index in [9.17, 15) is 14.3 Å². The van der Waals surface area contributed by atoms with Gasteiger partial charge in [-0.1, -0.05) is 31.1 Å². The van der Waals surface area contributed by atoms with Gasteiger partial charge in [0.05, 0.1) is 11.0 Å². The molecule has 2 aliphatic carbocycles. The van der Waals surface area contributed by atoms with Crippen molar-refractivity contribution in [2.24, 2.45) is 17.3 Å². The van der Waals surface area contributed by atoms with Gasteiger partial charge in [0, 0.05) is 5.92 Å². The summed E-state index contributed by atoms with van der Waals surface area (Å²) in [5.41, 5.74) is -0.0637. The van der Waals surface area contributed by atoms with Crippen LogP contribution in [0.1, 0.15) is 75.3 Å². The summed E-state index contributed by atoms with van der Waals surface area (Å²) in [4.78, 5) is 12.6. The molecule has 0 radical (unpaired) electrons. The lowest BCUT2D eigenvalue weighted by Crippen LogP contribution is -2.47. The molecule has 27 heavy (non-hydrogen) atoms. The standard InChI is InChI=1S/C23H28FNO2/c1-2-5-16-7-11-19(12-8-16)23(22(26)27)13-4-3-6-20(23)17-9-10-18(15-25)21(24)14-17/h2,5,9-10,14,16,19-20H,3-4,6-8,11-13H2,1H3,(H,26,27)/b5-2+/t16?,19?,20?,23-/m0/s1. The second-order valence-electron chi connectivity index (χ2n) is 8.13. The summed E-state index contributed by atoms with van der Waals surface area (Å²) >= 11 is 0. The quantitative estimate of drug-likeness (QED) is 0.681. The minimum Gasteiger partial charge on any atom is -0.481 e. The second kappa shape index (κ2) is 8.25. The highest BCUT2D eigenvalue weighted by molar-refractivity contribution is 5.77. The van der Waals surface area contributed by atoms with E-state index in [0.717, 1.165) is 50.5 Å². The van der Waals surface area contributed by atoms with Crippen LogP contribution in [0.3, 0.4) is 0 Å². The van der Waals surface area contributed by atoms with Crippen LogP contribution in [0.5, 0.6) is 0 Å². The number of allylic oxidation sites excluding steroid dienone is 2. The summed E-state index contributed by atoms with van der Waals surface area (Å²) in [5.74, 6) is -0.788. The number of aliphatic carboxylic acids is 1. The predicted octanol–water partition coefficient (Wildman–Crippen LogP) is 5.81. The van der Waals surface area contributed by atoms with E-state index >= 15 is 0 Å². The van der Waals surface area contributed by atoms with Gasteiger partial charge in [-0.2, -0.15) is 5.26 Å². The zero-order chi connectivity index (χ0) is 19.4. The monoisotopic (exact) mass is 369 g/mol. The Morgan fingerprint density at radius 1 is 1.26 bits per heavy atom. The Labute approximate surface area is 160 Å². The number of benzene rings is 1. The van der Waals surface area contributed by atoms with Crippen LogP contribution in [0.15, 0.2) is 30.4 Å². The van der Waals surface area contributed by atoms with Gasteiger partial charge in [-0.15, -0.1) is 0 Å². The largest absolute Gasteiger partial charge is 0.481 e. The van der Waals surface area contributed by atoms with Crippen molar-refractivity contribution in [1.82, 2.24) is 0 Å². The molecule has 0 amide bonds. The molecule has 0 aliphatic heterocycles. The molecule has 3 rings (SSSR count). The van der Waals surface area contributed by atoms with Crippen LogP contribution in [-0.2, 0) is 4.79 Å². The Bertz CT molecular complexity index is 758. The number of hydrogen-bond acceptors (Lipinski definition) is 2. The lowest BCUT2D eigenvalue weighted by atomic mass is 9.54. The van der Waals surface area contributed by atoms with Gasteiger partial charge in [0.2, 0.25) is 0 Å². The van der Waals surface area contributed by atoms with E-state index in [0.29, 0.717) is 12.3 Å². The fraction of sp³-hybridized carbons (Fsp3) is 0.565. The van der Waals surface area contributed by atoms with Crippen molar-refractivity contribution in [2.75, 3.05) is 0 Å². The molecule has 3 nitrogen and oxygen atoms in total. The molecule has 1 N–H and O–H groups in total. The molecular formula is C23H28FNO2. The molecule has 2 fully saturated rings. The fourth-order valence-corrected chi connectivity index (χ4v) is 5.52. The number of rotatable bonds is 4. The Kier molecular flexibility index (Phi) is 5.99. The molecule has 2 saturated carbocycles. The summed E-state index contributed by atoms with van der Waals surface area (Å²) in [6.07, 6.45) is 11.5. The molecule has 1 aromatic rings. The molecule has 1 aromatic carbocycles. The molecule has 0 heterocycles. The zero-order valence-corrected chi connectivity index (χ0v) is 16.0. The van der Waals surface area contributed by atoms with Crippen molar-refractivity contribution in [1.29, 1.82) is 5.26 Å². The Morgan fingerprint density at radius 3 is 2.59 bits per heavy atom. The predicted molar refractivity (Wildman–Crippen MR) is 103 cm³/mol. The fourth-order valence-electron chi connectivity index (χ4n) is 5.52. The number of carboxylic acids is 1. The van der Waals surface area contributed by atoms with Crippen molar-refractivity contribution in [3.63, 3.8) is 0 Å². The van der Waals surface area contributed by atoms with Crippen molar-refractivity contribution >= 4 is 5.97 Å². The number of carbonyl (C=O) groups is 1. The summed E-state index contributed by atoms with van der Waals surface area (Å²) < 4.78 is 14.3. The van der Waals surface area contributed by atoms with E-state index in [1.807, 2.05) is 13.0 Å². The SMILES string of the molecule is C/C=C/C1CCC([C@@]2(C(=O)O)CCCCC2c2ccc(C#N)c(F)c2)CC1. The maximum atomic E-state index is 14.3. The van der Waals surface area contributed by atoms with Crippen molar-refractivity contribution in [3.05, 3.63) is 47.3 Å². The third kappa shape index (κ3) is 3.65. The molecule has 2 atom stereocenters. The normalized spacial score (nSPS) is 31.5. The number of nitrogens with zero attached hydrogens (tertiary/aromatic N) is 1. The highest BCUT2D eigenvalue weighted by Gasteiger charge is 2.53. The van der Waals surface area contributed by atoms with Crippen molar-refractivity contribution in [2.45, 2.75) is 64.2 Å². The van der Waals surface area contributed by atoms with Gasteiger partial charge >= 0.3 is 5.97 Å². The van der Waals surface area contributed by atoms with Crippen LogP contribution in [0.25, 0.3) is 0 Å². The third-order valence-corrected chi connectivity index (χ3v) is 6.83. The van der Waals surface area contributed by atoms with E-state index in [1.165, 1.54) is 12.1 Å². The number of nitriles is 1. The van der Waals surface area contributed by atoms with Gasteiger partial charge in [0.1, 0.15) is 11.9 Å². The summed E-state index contributed by atoms with van der Waals surface area (Å²) in [6.45, 7) is 2.03. The van der Waals surface area contributed by atoms with Gasteiger partial charge in [0.25, 0.3) is 0 Å². The average Bonchev–Trinajstić information content (AvgIpc) is 2.68. The van der Waals surface area contributed by atoms with Crippen LogP contribution < -0.4 is 0 Å². The summed E-state index contributed by atoms with van der Waals surface area (Å²) in [5, 5.41) is 19.3. The minimum atomic E-state index is -0.820. The van der Waals surface area contributed by atoms with Gasteiger partial charge in [-0.25, -0.2) is 4.39 Å². The summed E-state index contributed by atoms with van der Waals surface area (Å²) in [7, 11) is 0. The molecule has 0 spiro atoms. The molecule has 4 heteroatoms. The molecule has 0 bridgehead atoms. The maximum absolute atomic E-state index is 14.3. The van der Waals surface area contributed by atoms with Crippen molar-refractivity contribution in [3.8, 4) is 6.07 Å². The average molecular weight is 369 g/mol. The first kappa shape index (κ1) is 19.6. The topological polar surface area (TPSA) is 61.1 Å². The number of hydrogen-bond donors (Lipinski definition) is 1. The molecular weight excluding hydrogens is 341 g/mol. The Morgan fingerprint density at radius 2 is 2.00 bits per heavy atom. The first-order chi connectivity index (χ1) is 13.0. The maximum Gasteiger partial charge on any atom is 0.310 e. The van der Waals surface area contributed by atoms with Crippen LogP contribution in [-0.4, -0.2) is 11.1 Å². The zero-order valence-electron chi connectivity index (χ0n) is 16.0. The third-order valence-electron chi connectivity index (χ3n) is 6.83. The minimum absolute atomic E-state index is 0.0161. The lowest BCUT2D eigenvalue weighted by Gasteiger charge is -2.48. The van der Waals surface area contributed by atoms with Crippen molar-refractivity contribution < 1.29 is 14.3 Å². The number of halogens is 1. The van der Waals surface area contributed by atoms with Gasteiger partial charge in [-0.05, 0) is 75.0 Å². The highest BCUT2D eigenvalue weighted by atomic mass is 19.1. The first-order valence-corrected chi connectivity index (χ1v) is 10.1. The van der Waals surface area contributed by atoms with Gasteiger partial charge in [0.15, 0.2) is 0 Å². The highest BCUT2D eigenvalue weighted by Crippen LogP contribution is 2.56. The van der Waals surface area contributed by atoms with Crippen LogP contribution in [0, 0.1) is 34.4 Å². The molecule has 144 valence electrons. The molecule has 0 saturated heterocycles. The number of carboxylic acid groups (broad SMARTS) is 1. The molecule has 0 aromatic heterocycles. The molecule has 1 unspecified atom stereocenters. The van der Waals surface area contributed by atoms with E-state index in [2.05, 4.69) is 12.2 Å². The van der Waals surface area contributed by atoms with Gasteiger partial charge in [-0.3, -0.25) is 4.79 Å².